The SMILES string of the molecule is COC(=O)[C@]1(C#N)[C@@H]2C=Cc3ccccc3N2[C@@H](C(=O)c2ccc(Cl)cc2)[C@@H]1c1ccccc1. The predicted octanol–water partition coefficient (Wildman–Crippen LogP) is 5.27. The van der Waals surface area contributed by atoms with Crippen LogP contribution in [-0.2, 0) is 9.53 Å². The number of ether oxygens (including phenoxy) is 1. The molecule has 5 rings (SSSR count). The highest BCUT2D eigenvalue weighted by Crippen LogP contribution is 2.56. The third-order valence-electron chi connectivity index (χ3n) is 6.81. The van der Waals surface area contributed by atoms with E-state index >= 15 is 0 Å². The van der Waals surface area contributed by atoms with E-state index in [9.17, 15) is 14.9 Å². The molecule has 5 nitrogen and oxygen atoms in total. The molecular formula is C28H21ClN2O3. The summed E-state index contributed by atoms with van der Waals surface area (Å²) in [5, 5.41) is 11.1. The summed E-state index contributed by atoms with van der Waals surface area (Å²) in [6.07, 6.45) is 3.75. The van der Waals surface area contributed by atoms with Crippen LogP contribution in [0.3, 0.4) is 0 Å². The number of rotatable bonds is 4. The lowest BCUT2D eigenvalue weighted by atomic mass is 9.68. The minimum atomic E-state index is -1.63. The van der Waals surface area contributed by atoms with Crippen molar-refractivity contribution < 1.29 is 14.3 Å². The summed E-state index contributed by atoms with van der Waals surface area (Å²) in [5.74, 6) is -1.62. The summed E-state index contributed by atoms with van der Waals surface area (Å²) < 4.78 is 5.22. The second kappa shape index (κ2) is 8.48. The summed E-state index contributed by atoms with van der Waals surface area (Å²) in [6.45, 7) is 0. The van der Waals surface area contributed by atoms with Gasteiger partial charge >= 0.3 is 5.97 Å². The highest BCUT2D eigenvalue weighted by atomic mass is 35.5. The maximum Gasteiger partial charge on any atom is 0.329 e. The van der Waals surface area contributed by atoms with Gasteiger partial charge in [-0.05, 0) is 41.5 Å². The fourth-order valence-corrected chi connectivity index (χ4v) is 5.48. The number of hydrogen-bond donors (Lipinski definition) is 0. The molecule has 0 aromatic heterocycles. The molecule has 34 heavy (non-hydrogen) atoms. The molecule has 3 aromatic carbocycles. The first-order valence-electron chi connectivity index (χ1n) is 10.9. The Morgan fingerprint density at radius 1 is 1.00 bits per heavy atom. The Hall–Kier alpha value is -3.88. The monoisotopic (exact) mass is 468 g/mol. The van der Waals surface area contributed by atoms with Crippen molar-refractivity contribution >= 4 is 35.1 Å². The molecule has 6 heteroatoms. The van der Waals surface area contributed by atoms with Gasteiger partial charge in [0.15, 0.2) is 11.2 Å². The zero-order valence-electron chi connectivity index (χ0n) is 18.4. The van der Waals surface area contributed by atoms with Gasteiger partial charge in [-0.1, -0.05) is 72.3 Å². The molecule has 1 saturated heterocycles. The molecule has 0 amide bonds. The van der Waals surface area contributed by atoms with Crippen molar-refractivity contribution in [3.8, 4) is 6.07 Å². The zero-order valence-corrected chi connectivity index (χ0v) is 19.1. The van der Waals surface area contributed by atoms with Crippen LogP contribution in [-0.4, -0.2) is 30.9 Å². The second-order valence-electron chi connectivity index (χ2n) is 8.45. The second-order valence-corrected chi connectivity index (χ2v) is 8.88. The van der Waals surface area contributed by atoms with Crippen LogP contribution in [0, 0.1) is 16.7 Å². The van der Waals surface area contributed by atoms with Crippen LogP contribution in [0.25, 0.3) is 6.08 Å². The number of fused-ring (bicyclic) bond motifs is 3. The molecule has 2 heterocycles. The molecule has 0 spiro atoms. The molecule has 3 aromatic rings. The zero-order chi connectivity index (χ0) is 23.9. The van der Waals surface area contributed by atoms with Gasteiger partial charge in [0.05, 0.1) is 19.2 Å². The fraction of sp³-hybridized carbons (Fsp3) is 0.179. The first-order valence-corrected chi connectivity index (χ1v) is 11.3. The standard InChI is InChI=1S/C28H21ClN2O3/c1-34-27(33)28(17-30)23-16-13-18-7-5-6-10-22(18)31(23)25(24(28)19-8-3-2-4-9-19)26(32)20-11-14-21(29)15-12-20/h2-16,23-25H,1H3/t23-,24-,25+,28+/m0/s1. The number of Topliss-reactive ketones (excluding diaryl/α,β-unsaturated/α-hetero) is 1. The van der Waals surface area contributed by atoms with E-state index in [4.69, 9.17) is 16.3 Å². The Kier molecular flexibility index (Phi) is 5.47. The highest BCUT2D eigenvalue weighted by Gasteiger charge is 2.67. The van der Waals surface area contributed by atoms with Crippen LogP contribution in [0.15, 0.2) is 84.9 Å². The van der Waals surface area contributed by atoms with Crippen LogP contribution in [0.1, 0.15) is 27.4 Å². The lowest BCUT2D eigenvalue weighted by Crippen LogP contribution is -2.46. The number of anilines is 1. The van der Waals surface area contributed by atoms with Gasteiger partial charge in [0, 0.05) is 22.2 Å². The van der Waals surface area contributed by atoms with Gasteiger partial charge in [-0.15, -0.1) is 0 Å². The van der Waals surface area contributed by atoms with Gasteiger partial charge in [0.1, 0.15) is 6.04 Å². The number of hydrogen-bond acceptors (Lipinski definition) is 5. The topological polar surface area (TPSA) is 70.4 Å². The molecular weight excluding hydrogens is 448 g/mol. The van der Waals surface area contributed by atoms with E-state index in [1.54, 1.807) is 24.3 Å². The first kappa shape index (κ1) is 21.9. The Morgan fingerprint density at radius 2 is 1.68 bits per heavy atom. The maximum atomic E-state index is 14.2. The largest absolute Gasteiger partial charge is 0.468 e. The number of nitriles is 1. The van der Waals surface area contributed by atoms with Crippen LogP contribution in [0.4, 0.5) is 5.69 Å². The van der Waals surface area contributed by atoms with Crippen LogP contribution in [0.5, 0.6) is 0 Å². The summed E-state index contributed by atoms with van der Waals surface area (Å²) in [7, 11) is 1.28. The molecule has 0 bridgehead atoms. The third-order valence-corrected chi connectivity index (χ3v) is 7.06. The van der Waals surface area contributed by atoms with Gasteiger partial charge < -0.3 is 9.64 Å². The number of ketones is 1. The molecule has 0 unspecified atom stereocenters. The summed E-state index contributed by atoms with van der Waals surface area (Å²) in [6, 6.07) is 24.4. The fourth-order valence-electron chi connectivity index (χ4n) is 5.35. The predicted molar refractivity (Wildman–Crippen MR) is 131 cm³/mol. The molecule has 1 fully saturated rings. The average Bonchev–Trinajstić information content (AvgIpc) is 3.20. The Bertz CT molecular complexity index is 1330. The van der Waals surface area contributed by atoms with Gasteiger partial charge in [0.2, 0.25) is 0 Å². The van der Waals surface area contributed by atoms with Crippen LogP contribution < -0.4 is 4.90 Å². The number of carbonyl (C=O) groups excluding carboxylic acids is 2. The van der Waals surface area contributed by atoms with Crippen molar-refractivity contribution in [1.29, 1.82) is 5.26 Å². The average molecular weight is 469 g/mol. The molecule has 0 radical (unpaired) electrons. The minimum absolute atomic E-state index is 0.193. The molecule has 2 aliphatic rings. The third kappa shape index (κ3) is 3.14. The van der Waals surface area contributed by atoms with Crippen molar-refractivity contribution in [2.45, 2.75) is 18.0 Å². The number of benzene rings is 3. The van der Waals surface area contributed by atoms with E-state index in [-0.39, 0.29) is 5.78 Å². The number of nitrogens with zero attached hydrogens (tertiary/aromatic N) is 2. The number of methoxy groups -OCH3 is 1. The van der Waals surface area contributed by atoms with E-state index in [1.807, 2.05) is 71.6 Å². The van der Waals surface area contributed by atoms with E-state index in [1.165, 1.54) is 7.11 Å². The smallest absolute Gasteiger partial charge is 0.329 e. The van der Waals surface area contributed by atoms with Gasteiger partial charge in [-0.3, -0.25) is 9.59 Å². The number of carbonyl (C=O) groups is 2. The van der Waals surface area contributed by atoms with Gasteiger partial charge in [-0.25, -0.2) is 0 Å². The number of esters is 1. The van der Waals surface area contributed by atoms with E-state index in [0.717, 1.165) is 16.8 Å². The molecule has 2 aliphatic heterocycles. The quantitative estimate of drug-likeness (QED) is 0.385. The Balaban J connectivity index is 1.81. The van der Waals surface area contributed by atoms with E-state index in [2.05, 4.69) is 6.07 Å². The van der Waals surface area contributed by atoms with Crippen molar-refractivity contribution in [2.75, 3.05) is 12.0 Å². The van der Waals surface area contributed by atoms with E-state index < -0.39 is 29.4 Å². The normalized spacial score (nSPS) is 24.6. The summed E-state index contributed by atoms with van der Waals surface area (Å²) in [5.41, 5.74) is 1.26. The number of halogens is 1. The van der Waals surface area contributed by atoms with Gasteiger partial charge in [0.25, 0.3) is 0 Å². The molecule has 0 aliphatic carbocycles. The molecule has 4 atom stereocenters. The Labute approximate surface area is 202 Å². The lowest BCUT2D eigenvalue weighted by molar-refractivity contribution is -0.150. The molecule has 168 valence electrons. The molecule has 0 saturated carbocycles. The summed E-state index contributed by atoms with van der Waals surface area (Å²) in [4.78, 5) is 29.5. The lowest BCUT2D eigenvalue weighted by Gasteiger charge is -2.36. The van der Waals surface area contributed by atoms with Crippen molar-refractivity contribution in [3.63, 3.8) is 0 Å². The van der Waals surface area contributed by atoms with Crippen molar-refractivity contribution in [2.24, 2.45) is 5.41 Å². The van der Waals surface area contributed by atoms with Crippen molar-refractivity contribution in [1.82, 2.24) is 0 Å². The van der Waals surface area contributed by atoms with Crippen molar-refractivity contribution in [3.05, 3.63) is 107 Å². The minimum Gasteiger partial charge on any atom is -0.468 e. The molecule has 0 N–H and O–H groups in total. The van der Waals surface area contributed by atoms with Crippen LogP contribution in [0.2, 0.25) is 5.02 Å². The van der Waals surface area contributed by atoms with Gasteiger partial charge in [-0.2, -0.15) is 5.26 Å². The summed E-state index contributed by atoms with van der Waals surface area (Å²) >= 11 is 6.07. The Morgan fingerprint density at radius 3 is 2.35 bits per heavy atom. The van der Waals surface area contributed by atoms with Crippen LogP contribution >= 0.6 is 11.6 Å². The highest BCUT2D eigenvalue weighted by molar-refractivity contribution is 6.30. The first-order chi connectivity index (χ1) is 16.5. The number of para-hydroxylation sites is 1. The maximum absolute atomic E-state index is 14.2. The van der Waals surface area contributed by atoms with E-state index in [0.29, 0.717) is 10.6 Å².